The molecule has 1 atom stereocenters. The van der Waals surface area contributed by atoms with Crippen LogP contribution in [0.15, 0.2) is 0 Å². The average Bonchev–Trinajstić information content (AvgIpc) is 2.92. The van der Waals surface area contributed by atoms with Gasteiger partial charge >= 0.3 is 6.18 Å². The van der Waals surface area contributed by atoms with Crippen molar-refractivity contribution in [3.05, 3.63) is 5.01 Å². The Morgan fingerprint density at radius 2 is 2.12 bits per heavy atom. The maximum atomic E-state index is 12.2. The van der Waals surface area contributed by atoms with Crippen LogP contribution in [0.2, 0.25) is 0 Å². The molecular formula is C9H12F3N3S. The highest BCUT2D eigenvalue weighted by Crippen LogP contribution is 2.37. The molecular weight excluding hydrogens is 239 g/mol. The van der Waals surface area contributed by atoms with Gasteiger partial charge in [-0.05, 0) is 24.7 Å². The van der Waals surface area contributed by atoms with E-state index in [-0.39, 0.29) is 5.13 Å². The normalized spacial score (nSPS) is 18.5. The van der Waals surface area contributed by atoms with Crippen LogP contribution in [-0.4, -0.2) is 16.7 Å². The van der Waals surface area contributed by atoms with Crippen LogP contribution in [0.5, 0.6) is 0 Å². The number of hydrogen-bond acceptors (Lipinski definition) is 4. The molecule has 0 radical (unpaired) electrons. The maximum Gasteiger partial charge on any atom is 0.445 e. The van der Waals surface area contributed by atoms with Crippen molar-refractivity contribution in [2.75, 3.05) is 11.9 Å². The summed E-state index contributed by atoms with van der Waals surface area (Å²) in [5, 5.41) is 8.84. The van der Waals surface area contributed by atoms with E-state index in [1.54, 1.807) is 0 Å². The number of anilines is 1. The standard InChI is InChI=1S/C9H12F3N3S/c1-5(6-2-3-6)4-13-8-15-14-7(16-8)9(10,11)12/h5-6H,2-4H2,1H3,(H,13,15). The van der Waals surface area contributed by atoms with Crippen molar-refractivity contribution < 1.29 is 13.2 Å². The Balaban J connectivity index is 1.87. The Morgan fingerprint density at radius 1 is 1.44 bits per heavy atom. The average molecular weight is 251 g/mol. The first-order valence-electron chi connectivity index (χ1n) is 5.11. The third-order valence-electron chi connectivity index (χ3n) is 2.67. The summed E-state index contributed by atoms with van der Waals surface area (Å²) in [6.07, 6.45) is -1.93. The van der Waals surface area contributed by atoms with Crippen molar-refractivity contribution in [1.82, 2.24) is 10.2 Å². The topological polar surface area (TPSA) is 37.8 Å². The minimum Gasteiger partial charge on any atom is -0.360 e. The van der Waals surface area contributed by atoms with Crippen molar-refractivity contribution in [1.29, 1.82) is 0 Å². The van der Waals surface area contributed by atoms with Crippen LogP contribution in [-0.2, 0) is 6.18 Å². The molecule has 1 aromatic heterocycles. The van der Waals surface area contributed by atoms with Gasteiger partial charge in [-0.25, -0.2) is 0 Å². The van der Waals surface area contributed by atoms with Crippen molar-refractivity contribution >= 4 is 16.5 Å². The third kappa shape index (κ3) is 2.84. The largest absolute Gasteiger partial charge is 0.445 e. The van der Waals surface area contributed by atoms with Gasteiger partial charge in [-0.3, -0.25) is 0 Å². The number of alkyl halides is 3. The minimum atomic E-state index is -4.39. The summed E-state index contributed by atoms with van der Waals surface area (Å²) in [7, 11) is 0. The first-order chi connectivity index (χ1) is 7.47. The van der Waals surface area contributed by atoms with Crippen LogP contribution in [0, 0.1) is 11.8 Å². The number of hydrogen-bond donors (Lipinski definition) is 1. The van der Waals surface area contributed by atoms with Gasteiger partial charge in [0, 0.05) is 6.54 Å². The van der Waals surface area contributed by atoms with E-state index in [0.29, 0.717) is 23.8 Å². The summed E-state index contributed by atoms with van der Waals surface area (Å²) in [5.41, 5.74) is 0. The molecule has 90 valence electrons. The molecule has 1 unspecified atom stereocenters. The Bertz CT molecular complexity index is 359. The second-order valence-corrected chi connectivity index (χ2v) is 5.08. The fraction of sp³-hybridized carbons (Fsp3) is 0.778. The molecule has 0 amide bonds. The van der Waals surface area contributed by atoms with Gasteiger partial charge in [-0.2, -0.15) is 13.2 Å². The van der Waals surface area contributed by atoms with Crippen LogP contribution >= 0.6 is 11.3 Å². The lowest BCUT2D eigenvalue weighted by molar-refractivity contribution is -0.138. The summed E-state index contributed by atoms with van der Waals surface area (Å²) in [6, 6.07) is 0. The number of aromatic nitrogens is 2. The van der Waals surface area contributed by atoms with E-state index in [9.17, 15) is 13.2 Å². The van der Waals surface area contributed by atoms with Crippen LogP contribution in [0.3, 0.4) is 0 Å². The summed E-state index contributed by atoms with van der Waals surface area (Å²) >= 11 is 0.556. The van der Waals surface area contributed by atoms with Crippen LogP contribution in [0.25, 0.3) is 0 Å². The number of nitrogens with zero attached hydrogens (tertiary/aromatic N) is 2. The fourth-order valence-corrected chi connectivity index (χ4v) is 2.11. The second-order valence-electron chi connectivity index (χ2n) is 4.11. The number of halogens is 3. The predicted molar refractivity (Wildman–Crippen MR) is 55.3 cm³/mol. The highest BCUT2D eigenvalue weighted by atomic mass is 32.1. The Hall–Kier alpha value is -0.850. The molecule has 1 fully saturated rings. The highest BCUT2D eigenvalue weighted by Gasteiger charge is 2.35. The van der Waals surface area contributed by atoms with E-state index in [2.05, 4.69) is 22.4 Å². The van der Waals surface area contributed by atoms with E-state index in [0.717, 1.165) is 5.92 Å². The molecule has 2 rings (SSSR count). The number of rotatable bonds is 4. The molecule has 1 aliphatic carbocycles. The molecule has 0 saturated heterocycles. The van der Waals surface area contributed by atoms with Crippen molar-refractivity contribution in [2.45, 2.75) is 25.9 Å². The molecule has 1 aliphatic rings. The number of nitrogens with one attached hydrogen (secondary N) is 1. The fourth-order valence-electron chi connectivity index (χ4n) is 1.49. The van der Waals surface area contributed by atoms with Crippen molar-refractivity contribution in [2.24, 2.45) is 11.8 Å². The minimum absolute atomic E-state index is 0.250. The van der Waals surface area contributed by atoms with E-state index < -0.39 is 11.2 Å². The summed E-state index contributed by atoms with van der Waals surface area (Å²) in [4.78, 5) is 0. The molecule has 0 aromatic carbocycles. The summed E-state index contributed by atoms with van der Waals surface area (Å²) in [5.74, 6) is 1.21. The lowest BCUT2D eigenvalue weighted by Gasteiger charge is -2.09. The molecule has 7 heteroatoms. The lowest BCUT2D eigenvalue weighted by Crippen LogP contribution is -2.12. The Kier molecular flexibility index (Phi) is 3.05. The van der Waals surface area contributed by atoms with Gasteiger partial charge in [0.1, 0.15) is 0 Å². The summed E-state index contributed by atoms with van der Waals surface area (Å²) in [6.45, 7) is 2.76. The Morgan fingerprint density at radius 3 is 2.62 bits per heavy atom. The van der Waals surface area contributed by atoms with Crippen LogP contribution in [0.4, 0.5) is 18.3 Å². The molecule has 3 nitrogen and oxygen atoms in total. The Labute approximate surface area is 95.1 Å². The zero-order chi connectivity index (χ0) is 11.8. The highest BCUT2D eigenvalue weighted by molar-refractivity contribution is 7.15. The lowest BCUT2D eigenvalue weighted by atomic mass is 10.1. The summed E-state index contributed by atoms with van der Waals surface area (Å²) < 4.78 is 36.7. The van der Waals surface area contributed by atoms with E-state index in [1.807, 2.05) is 0 Å². The van der Waals surface area contributed by atoms with E-state index in [1.165, 1.54) is 12.8 Å². The van der Waals surface area contributed by atoms with Gasteiger partial charge in [0.25, 0.3) is 0 Å². The molecule has 16 heavy (non-hydrogen) atoms. The van der Waals surface area contributed by atoms with Gasteiger partial charge < -0.3 is 5.32 Å². The first kappa shape index (κ1) is 11.6. The monoisotopic (exact) mass is 251 g/mol. The van der Waals surface area contributed by atoms with E-state index >= 15 is 0 Å². The maximum absolute atomic E-state index is 12.2. The van der Waals surface area contributed by atoms with Crippen LogP contribution < -0.4 is 5.32 Å². The molecule has 1 N–H and O–H groups in total. The molecule has 1 saturated carbocycles. The van der Waals surface area contributed by atoms with Crippen molar-refractivity contribution in [3.8, 4) is 0 Å². The van der Waals surface area contributed by atoms with Crippen LogP contribution in [0.1, 0.15) is 24.8 Å². The van der Waals surface area contributed by atoms with Gasteiger partial charge in [0.05, 0.1) is 0 Å². The quantitative estimate of drug-likeness (QED) is 0.893. The van der Waals surface area contributed by atoms with Gasteiger partial charge in [0.15, 0.2) is 0 Å². The zero-order valence-corrected chi connectivity index (χ0v) is 9.53. The van der Waals surface area contributed by atoms with Gasteiger partial charge in [0.2, 0.25) is 10.1 Å². The predicted octanol–water partition coefficient (Wildman–Crippen LogP) is 3.01. The van der Waals surface area contributed by atoms with Gasteiger partial charge in [-0.15, -0.1) is 10.2 Å². The molecule has 0 bridgehead atoms. The molecule has 0 aliphatic heterocycles. The van der Waals surface area contributed by atoms with Gasteiger partial charge in [-0.1, -0.05) is 18.3 Å². The smallest absolute Gasteiger partial charge is 0.360 e. The van der Waals surface area contributed by atoms with E-state index in [4.69, 9.17) is 0 Å². The third-order valence-corrected chi connectivity index (χ3v) is 3.60. The molecule has 0 spiro atoms. The zero-order valence-electron chi connectivity index (χ0n) is 8.71. The second kappa shape index (κ2) is 4.20. The first-order valence-corrected chi connectivity index (χ1v) is 5.93. The SMILES string of the molecule is CC(CNc1nnc(C(F)(F)F)s1)C1CC1. The molecule has 1 aromatic rings. The van der Waals surface area contributed by atoms with Crippen molar-refractivity contribution in [3.63, 3.8) is 0 Å². The molecule has 1 heterocycles.